The van der Waals surface area contributed by atoms with Gasteiger partial charge in [0.2, 0.25) is 18.5 Å². The first-order valence-corrected chi connectivity index (χ1v) is 17.5. The second kappa shape index (κ2) is 13.9. The first-order chi connectivity index (χ1) is 24.8. The van der Waals surface area contributed by atoms with E-state index in [1.165, 1.54) is 35.1 Å². The first-order valence-electron chi connectivity index (χ1n) is 17.5. The highest BCUT2D eigenvalue weighted by molar-refractivity contribution is 6.24. The average Bonchev–Trinajstić information content (AvgIpc) is 3.57. The quantitative estimate of drug-likeness (QED) is 0.162. The number of hydrogen-bond acceptors (Lipinski definition) is 9. The molecule has 1 atom stereocenters. The molecule has 3 aromatic rings. The molecule has 1 aliphatic carbocycles. The predicted molar refractivity (Wildman–Crippen MR) is 188 cm³/mol. The van der Waals surface area contributed by atoms with Crippen molar-refractivity contribution in [3.05, 3.63) is 102 Å². The Hall–Kier alpha value is -5.11. The number of anilines is 2. The molecule has 2 N–H and O–H groups in total. The van der Waals surface area contributed by atoms with Crippen LogP contribution in [-0.2, 0) is 16.1 Å². The molecule has 1 unspecified atom stereocenters. The Kier molecular flexibility index (Phi) is 9.01. The molecular weight excluding hydrogens is 654 g/mol. The molecule has 2 fully saturated rings. The van der Waals surface area contributed by atoms with Gasteiger partial charge in [-0.2, -0.15) is 14.5 Å². The molecule has 0 spiro atoms. The number of pyridine rings is 1. The predicted octanol–water partition coefficient (Wildman–Crippen LogP) is 4.51. The van der Waals surface area contributed by atoms with Crippen molar-refractivity contribution >= 4 is 34.8 Å². The summed E-state index contributed by atoms with van der Waals surface area (Å²) in [6, 6.07) is 17.0. The van der Waals surface area contributed by atoms with E-state index in [1.54, 1.807) is 4.90 Å². The maximum atomic E-state index is 14.5. The summed E-state index contributed by atoms with van der Waals surface area (Å²) in [5, 5.41) is 6.90. The number of nitrogens with zero attached hydrogens (tertiary/aromatic N) is 6. The van der Waals surface area contributed by atoms with Crippen LogP contribution in [0.15, 0.2) is 90.0 Å². The molecule has 5 heterocycles. The minimum absolute atomic E-state index is 0.0461. The number of nitrogens with one attached hydrogen (secondary N) is 2. The van der Waals surface area contributed by atoms with Gasteiger partial charge in [0.05, 0.1) is 11.9 Å². The summed E-state index contributed by atoms with van der Waals surface area (Å²) in [4.78, 5) is 54.9. The topological polar surface area (TPSA) is 116 Å². The molecule has 1 saturated carbocycles. The second-order valence-corrected chi connectivity index (χ2v) is 13.7. The molecule has 2 aromatic carbocycles. The highest BCUT2D eigenvalue weighted by Gasteiger charge is 2.46. The second-order valence-electron chi connectivity index (χ2n) is 13.7. The van der Waals surface area contributed by atoms with E-state index in [0.29, 0.717) is 42.3 Å². The Labute approximate surface area is 294 Å². The van der Waals surface area contributed by atoms with Crippen LogP contribution < -0.4 is 20.4 Å². The minimum Gasteiger partial charge on any atom is -0.348 e. The molecule has 1 aromatic heterocycles. The number of aromatic nitrogens is 1. The monoisotopic (exact) mass is 692 g/mol. The van der Waals surface area contributed by atoms with Crippen LogP contribution in [0.4, 0.5) is 20.2 Å². The number of ketones is 1. The van der Waals surface area contributed by atoms with Gasteiger partial charge >= 0.3 is 0 Å². The standard InChI is InChI=1S/C38H38F2N8O3/c39-33-19-30-32(20-42-33)48(29-3-1-2-27(18-29)25-6-4-24(5-7-25)21-45-16-13-41-14-17-45)38(51)35(36(30)49)26-8-10-28(11-9-26)43-37(50)31-22-46-23-47(40)15-12-34(46)44-31/h1-7,12,15,18-20,22,26,28,35,41H,8-11,13-14,16-17,21,23H2,(H,43,50)/q+1. The van der Waals surface area contributed by atoms with E-state index in [-0.39, 0.29) is 47.4 Å². The van der Waals surface area contributed by atoms with Crippen molar-refractivity contribution in [2.24, 2.45) is 16.8 Å². The summed E-state index contributed by atoms with van der Waals surface area (Å²) in [5.41, 5.74) is 4.30. The van der Waals surface area contributed by atoms with Crippen LogP contribution in [0.3, 0.4) is 0 Å². The zero-order valence-electron chi connectivity index (χ0n) is 28.0. The summed E-state index contributed by atoms with van der Waals surface area (Å²) in [6.45, 7) is 4.86. The first kappa shape index (κ1) is 33.1. The summed E-state index contributed by atoms with van der Waals surface area (Å²) in [6.07, 6.45) is 7.67. The lowest BCUT2D eigenvalue weighted by atomic mass is 9.73. The molecular formula is C38H38F2N8O3+. The Morgan fingerprint density at radius 1 is 1.00 bits per heavy atom. The fourth-order valence-electron chi connectivity index (χ4n) is 7.75. The molecule has 2 amide bonds. The third kappa shape index (κ3) is 6.72. The van der Waals surface area contributed by atoms with Crippen LogP contribution >= 0.6 is 0 Å². The Morgan fingerprint density at radius 2 is 1.78 bits per heavy atom. The SMILES string of the molecule is O=C(NC1CCC(C2C(=O)c3cc(F)ncc3N(c3cccc(-c4ccc(CN5CCNCC5)cc4)c3)C2=O)CC1)C1=C[N+]2CN(F)C=CC2=N1. The number of hydrogen-bond donors (Lipinski definition) is 2. The van der Waals surface area contributed by atoms with Crippen LogP contribution in [0.1, 0.15) is 41.6 Å². The zero-order chi connectivity index (χ0) is 35.1. The van der Waals surface area contributed by atoms with Gasteiger partial charge < -0.3 is 10.6 Å². The highest BCUT2D eigenvalue weighted by Crippen LogP contribution is 2.43. The van der Waals surface area contributed by atoms with Crippen molar-refractivity contribution in [2.45, 2.75) is 38.3 Å². The van der Waals surface area contributed by atoms with Gasteiger partial charge in [0.15, 0.2) is 17.7 Å². The van der Waals surface area contributed by atoms with Crippen LogP contribution in [-0.4, -0.2) is 77.3 Å². The van der Waals surface area contributed by atoms with E-state index >= 15 is 0 Å². The summed E-state index contributed by atoms with van der Waals surface area (Å²) >= 11 is 0. The van der Waals surface area contributed by atoms with E-state index in [1.807, 2.05) is 24.3 Å². The molecule has 8 rings (SSSR count). The zero-order valence-corrected chi connectivity index (χ0v) is 28.0. The molecule has 4 aliphatic heterocycles. The van der Waals surface area contributed by atoms with Gasteiger partial charge in [-0.15, -0.1) is 0 Å². The summed E-state index contributed by atoms with van der Waals surface area (Å²) in [7, 11) is 0. The molecule has 1 saturated heterocycles. The van der Waals surface area contributed by atoms with Gasteiger partial charge in [-0.1, -0.05) is 45.8 Å². The molecule has 0 bridgehead atoms. The Morgan fingerprint density at radius 3 is 2.57 bits per heavy atom. The van der Waals surface area contributed by atoms with Gasteiger partial charge in [0.25, 0.3) is 11.7 Å². The minimum atomic E-state index is -1.00. The van der Waals surface area contributed by atoms with Gasteiger partial charge in [0.1, 0.15) is 5.92 Å². The summed E-state index contributed by atoms with van der Waals surface area (Å²) in [5.74, 6) is -2.72. The lowest BCUT2D eigenvalue weighted by Crippen LogP contribution is -2.47. The lowest BCUT2D eigenvalue weighted by molar-refractivity contribution is -0.123. The number of carbonyl (C=O) groups is 3. The van der Waals surface area contributed by atoms with Gasteiger partial charge in [-0.3, -0.25) is 24.2 Å². The van der Waals surface area contributed by atoms with Crippen molar-refractivity contribution < 1.29 is 23.3 Å². The van der Waals surface area contributed by atoms with E-state index in [2.05, 4.69) is 49.8 Å². The molecule has 11 nitrogen and oxygen atoms in total. The van der Waals surface area contributed by atoms with E-state index in [9.17, 15) is 23.3 Å². The van der Waals surface area contributed by atoms with Crippen LogP contribution in [0.2, 0.25) is 0 Å². The molecule has 1 radical (unpaired) electrons. The molecule has 261 valence electrons. The fourth-order valence-corrected chi connectivity index (χ4v) is 7.75. The number of fused-ring (bicyclic) bond motifs is 2. The van der Waals surface area contributed by atoms with Crippen LogP contribution in [0.5, 0.6) is 0 Å². The van der Waals surface area contributed by atoms with Gasteiger partial charge in [-0.25, -0.2) is 4.98 Å². The summed E-state index contributed by atoms with van der Waals surface area (Å²) < 4.78 is 28.1. The van der Waals surface area contributed by atoms with Crippen molar-refractivity contribution in [2.75, 3.05) is 37.7 Å². The third-order valence-electron chi connectivity index (χ3n) is 10.4. The fraction of sp³-hybridized carbons (Fsp3) is 0.342. The number of aliphatic imine (C=N–C) groups is 1. The van der Waals surface area contributed by atoms with Crippen LogP contribution in [0.25, 0.3) is 11.1 Å². The number of amides is 2. The third-order valence-corrected chi connectivity index (χ3v) is 10.4. The van der Waals surface area contributed by atoms with E-state index in [0.717, 1.165) is 49.9 Å². The van der Waals surface area contributed by atoms with Crippen molar-refractivity contribution in [3.8, 4) is 11.1 Å². The number of halogens is 2. The molecule has 51 heavy (non-hydrogen) atoms. The van der Waals surface area contributed by atoms with Crippen molar-refractivity contribution in [3.63, 3.8) is 0 Å². The van der Waals surface area contributed by atoms with Crippen LogP contribution in [0, 0.1) is 17.8 Å². The smallest absolute Gasteiger partial charge is 0.285 e. The van der Waals surface area contributed by atoms with Gasteiger partial charge in [-0.05, 0) is 60.4 Å². The number of piperazine rings is 1. The Bertz CT molecular complexity index is 1950. The average molecular weight is 693 g/mol. The lowest BCUT2D eigenvalue weighted by Gasteiger charge is -2.39. The number of amidine groups is 1. The highest BCUT2D eigenvalue weighted by atomic mass is 19.2. The Balaban J connectivity index is 0.984. The molecule has 5 aliphatic rings. The number of benzene rings is 2. The largest absolute Gasteiger partial charge is 0.348 e. The number of carbonyl (C=O) groups excluding carboxylic acids is 3. The van der Waals surface area contributed by atoms with Crippen molar-refractivity contribution in [1.29, 1.82) is 0 Å². The number of rotatable bonds is 7. The van der Waals surface area contributed by atoms with Gasteiger partial charge in [0, 0.05) is 68.4 Å². The maximum absolute atomic E-state index is 14.5. The maximum Gasteiger partial charge on any atom is 0.285 e. The number of Topliss-reactive ketones (excluding diaryl/α,β-unsaturated/α-hetero) is 1. The van der Waals surface area contributed by atoms with E-state index in [4.69, 9.17) is 0 Å². The van der Waals surface area contributed by atoms with E-state index < -0.39 is 17.6 Å². The molecule has 13 heteroatoms. The normalized spacial score (nSPS) is 23.8. The van der Waals surface area contributed by atoms with Crippen molar-refractivity contribution in [1.82, 2.24) is 30.5 Å².